The number of thiazole rings is 1. The van der Waals surface area contributed by atoms with E-state index in [1.165, 1.54) is 19.3 Å². The molecule has 0 bridgehead atoms. The number of nitrogens with one attached hydrogen (secondary N) is 1. The molecular formula is C16H17F3N2OS. The van der Waals surface area contributed by atoms with Crippen molar-refractivity contribution in [3.8, 4) is 0 Å². The topological polar surface area (TPSA) is 45.1 Å². The van der Waals surface area contributed by atoms with Crippen LogP contribution >= 0.6 is 11.3 Å². The molecule has 3 rings (SSSR count). The number of halogens is 3. The van der Waals surface area contributed by atoms with E-state index in [9.17, 15) is 18.3 Å². The normalized spacial score (nSPS) is 16.3. The van der Waals surface area contributed by atoms with E-state index in [1.807, 2.05) is 0 Å². The molecule has 1 aliphatic carbocycles. The molecule has 0 spiro atoms. The predicted molar refractivity (Wildman–Crippen MR) is 81.7 cm³/mol. The lowest BCUT2D eigenvalue weighted by molar-refractivity contribution is 0.243. The maximum absolute atomic E-state index is 13.3. The first-order chi connectivity index (χ1) is 11.1. The van der Waals surface area contributed by atoms with Gasteiger partial charge in [0, 0.05) is 23.5 Å². The molecule has 1 aromatic heterocycles. The number of hydrogen-bond acceptors (Lipinski definition) is 4. The van der Waals surface area contributed by atoms with Crippen LogP contribution in [0.4, 0.5) is 13.2 Å². The zero-order valence-corrected chi connectivity index (χ0v) is 13.2. The zero-order valence-electron chi connectivity index (χ0n) is 12.4. The second kappa shape index (κ2) is 6.98. The molecule has 1 aromatic carbocycles. The van der Waals surface area contributed by atoms with Gasteiger partial charge in [-0.25, -0.2) is 18.2 Å². The number of nitrogens with zero attached hydrogens (tertiary/aromatic N) is 1. The van der Waals surface area contributed by atoms with Crippen molar-refractivity contribution in [2.75, 3.05) is 6.61 Å². The lowest BCUT2D eigenvalue weighted by Gasteiger charge is -2.22. The largest absolute Gasteiger partial charge is 0.394 e. The van der Waals surface area contributed by atoms with Crippen LogP contribution in [0.5, 0.6) is 0 Å². The molecule has 3 nitrogen and oxygen atoms in total. The Morgan fingerprint density at radius 2 is 1.96 bits per heavy atom. The fraction of sp³-hybridized carbons (Fsp3) is 0.438. The van der Waals surface area contributed by atoms with Crippen LogP contribution < -0.4 is 5.32 Å². The van der Waals surface area contributed by atoms with Gasteiger partial charge in [-0.1, -0.05) is 6.42 Å². The molecule has 0 saturated heterocycles. The van der Waals surface area contributed by atoms with E-state index in [0.29, 0.717) is 12.5 Å². The van der Waals surface area contributed by atoms with Gasteiger partial charge < -0.3 is 10.4 Å². The molecule has 2 aromatic rings. The summed E-state index contributed by atoms with van der Waals surface area (Å²) in [6, 6.07) is 1.13. The summed E-state index contributed by atoms with van der Waals surface area (Å²) in [7, 11) is 0. The Bertz CT molecular complexity index is 665. The van der Waals surface area contributed by atoms with E-state index >= 15 is 0 Å². The Morgan fingerprint density at radius 3 is 2.52 bits per heavy atom. The van der Waals surface area contributed by atoms with E-state index < -0.39 is 23.5 Å². The minimum absolute atomic E-state index is 0.174. The molecule has 2 N–H and O–H groups in total. The summed E-state index contributed by atoms with van der Waals surface area (Å²) < 4.78 is 39.6. The van der Waals surface area contributed by atoms with E-state index in [2.05, 4.69) is 10.3 Å². The van der Waals surface area contributed by atoms with Crippen LogP contribution in [0.25, 0.3) is 0 Å². The minimum Gasteiger partial charge on any atom is -0.394 e. The fourth-order valence-electron chi connectivity index (χ4n) is 2.54. The van der Waals surface area contributed by atoms with Gasteiger partial charge in [-0.2, -0.15) is 0 Å². The van der Waals surface area contributed by atoms with E-state index in [1.54, 1.807) is 17.5 Å². The maximum Gasteiger partial charge on any atom is 0.194 e. The van der Waals surface area contributed by atoms with Crippen LogP contribution in [0.3, 0.4) is 0 Å². The second-order valence-electron chi connectivity index (χ2n) is 5.71. The molecule has 23 heavy (non-hydrogen) atoms. The molecule has 7 heteroatoms. The summed E-state index contributed by atoms with van der Waals surface area (Å²) >= 11 is 1.61. The highest BCUT2D eigenvalue weighted by atomic mass is 32.1. The van der Waals surface area contributed by atoms with Crippen molar-refractivity contribution in [1.29, 1.82) is 0 Å². The number of rotatable bonds is 6. The molecule has 1 heterocycles. The molecule has 0 aliphatic heterocycles. The number of benzene rings is 1. The highest BCUT2D eigenvalue weighted by molar-refractivity contribution is 7.11. The Kier molecular flexibility index (Phi) is 4.99. The van der Waals surface area contributed by atoms with Gasteiger partial charge in [0.15, 0.2) is 17.5 Å². The summed E-state index contributed by atoms with van der Waals surface area (Å²) in [5.74, 6) is -3.46. The van der Waals surface area contributed by atoms with Crippen LogP contribution in [-0.2, 0) is 6.54 Å². The Balaban J connectivity index is 1.66. The SMILES string of the molecule is OCC(NCc1cnc(C2CCC2)s1)c1cc(F)c(F)c(F)c1. The van der Waals surface area contributed by atoms with Crippen LogP contribution in [0.15, 0.2) is 18.3 Å². The highest BCUT2D eigenvalue weighted by Gasteiger charge is 2.23. The number of aromatic nitrogens is 1. The maximum atomic E-state index is 13.3. The average molecular weight is 342 g/mol. The third-order valence-corrected chi connectivity index (χ3v) is 5.30. The van der Waals surface area contributed by atoms with Crippen molar-refractivity contribution >= 4 is 11.3 Å². The van der Waals surface area contributed by atoms with E-state index in [0.717, 1.165) is 22.0 Å². The first-order valence-corrected chi connectivity index (χ1v) is 8.33. The standard InChI is InChI=1S/C16H17F3N2OS/c17-12-4-10(5-13(18)15(12)19)14(8-22)20-6-11-7-21-16(23-11)9-2-1-3-9/h4-5,7,9,14,20,22H,1-3,6,8H2. The van der Waals surface area contributed by atoms with Crippen molar-refractivity contribution < 1.29 is 18.3 Å². The van der Waals surface area contributed by atoms with Crippen LogP contribution in [0.2, 0.25) is 0 Å². The number of aliphatic hydroxyl groups excluding tert-OH is 1. The first kappa shape index (κ1) is 16.4. The Morgan fingerprint density at radius 1 is 1.26 bits per heavy atom. The monoisotopic (exact) mass is 342 g/mol. The summed E-state index contributed by atoms with van der Waals surface area (Å²) in [6.07, 6.45) is 5.37. The van der Waals surface area contributed by atoms with Gasteiger partial charge in [-0.05, 0) is 30.5 Å². The van der Waals surface area contributed by atoms with Crippen molar-refractivity contribution in [3.05, 3.63) is 51.2 Å². The van der Waals surface area contributed by atoms with Crippen molar-refractivity contribution in [2.24, 2.45) is 0 Å². The quantitative estimate of drug-likeness (QED) is 0.788. The van der Waals surface area contributed by atoms with Gasteiger partial charge in [-0.15, -0.1) is 11.3 Å². The van der Waals surface area contributed by atoms with Crippen molar-refractivity contribution in [2.45, 2.75) is 37.8 Å². The molecule has 1 atom stereocenters. The fourth-order valence-corrected chi connectivity index (χ4v) is 3.57. The molecular weight excluding hydrogens is 325 g/mol. The third kappa shape index (κ3) is 3.57. The van der Waals surface area contributed by atoms with Gasteiger partial charge in [-0.3, -0.25) is 0 Å². The van der Waals surface area contributed by atoms with Gasteiger partial charge in [0.2, 0.25) is 0 Å². The summed E-state index contributed by atoms with van der Waals surface area (Å²) in [5, 5.41) is 13.6. The van der Waals surface area contributed by atoms with Crippen LogP contribution in [-0.4, -0.2) is 16.7 Å². The predicted octanol–water partition coefficient (Wildman–Crippen LogP) is 3.65. The summed E-state index contributed by atoms with van der Waals surface area (Å²) in [4.78, 5) is 5.39. The average Bonchev–Trinajstić information content (AvgIpc) is 2.92. The van der Waals surface area contributed by atoms with Gasteiger partial charge in [0.25, 0.3) is 0 Å². The van der Waals surface area contributed by atoms with Gasteiger partial charge in [0.05, 0.1) is 17.7 Å². The van der Waals surface area contributed by atoms with E-state index in [4.69, 9.17) is 0 Å². The molecule has 1 aliphatic rings. The number of aliphatic hydroxyl groups is 1. The Labute approximate surface area is 136 Å². The van der Waals surface area contributed by atoms with E-state index in [-0.39, 0.29) is 12.2 Å². The minimum atomic E-state index is -1.50. The van der Waals surface area contributed by atoms with Gasteiger partial charge >= 0.3 is 0 Å². The Hall–Kier alpha value is -1.44. The highest BCUT2D eigenvalue weighted by Crippen LogP contribution is 2.38. The third-order valence-electron chi connectivity index (χ3n) is 4.14. The lowest BCUT2D eigenvalue weighted by atomic mass is 9.86. The molecule has 1 unspecified atom stereocenters. The van der Waals surface area contributed by atoms with Crippen LogP contribution in [0, 0.1) is 17.5 Å². The summed E-state index contributed by atoms with van der Waals surface area (Å²) in [6.45, 7) is 0.0784. The van der Waals surface area contributed by atoms with Crippen molar-refractivity contribution in [3.63, 3.8) is 0 Å². The number of hydrogen-bond donors (Lipinski definition) is 2. The smallest absolute Gasteiger partial charge is 0.194 e. The summed E-state index contributed by atoms with van der Waals surface area (Å²) in [5.41, 5.74) is 0.174. The molecule has 0 amide bonds. The lowest BCUT2D eigenvalue weighted by Crippen LogP contribution is -2.24. The zero-order chi connectivity index (χ0) is 16.4. The molecule has 1 saturated carbocycles. The van der Waals surface area contributed by atoms with Crippen molar-refractivity contribution in [1.82, 2.24) is 10.3 Å². The molecule has 0 radical (unpaired) electrons. The molecule has 124 valence electrons. The first-order valence-electron chi connectivity index (χ1n) is 7.51. The second-order valence-corrected chi connectivity index (χ2v) is 6.85. The molecule has 1 fully saturated rings. The van der Waals surface area contributed by atoms with Gasteiger partial charge in [0.1, 0.15) is 0 Å². The van der Waals surface area contributed by atoms with Crippen LogP contribution in [0.1, 0.15) is 46.7 Å².